The smallest absolute Gasteiger partial charge is 0.119 e. The minimum absolute atomic E-state index is 0.330. The second kappa shape index (κ2) is 9.23. The Hall–Kier alpha value is -1.84. The highest BCUT2D eigenvalue weighted by Gasteiger charge is 2.05. The molecule has 2 aromatic rings. The largest absolute Gasteiger partial charge is 0.491 e. The molecular formula is C19H25NO2. The predicted molar refractivity (Wildman–Crippen MR) is 90.4 cm³/mol. The van der Waals surface area contributed by atoms with Gasteiger partial charge in [0.15, 0.2) is 0 Å². The minimum Gasteiger partial charge on any atom is -0.491 e. The third kappa shape index (κ3) is 5.51. The fourth-order valence-corrected chi connectivity index (χ4v) is 2.29. The second-order valence-corrected chi connectivity index (χ2v) is 5.32. The van der Waals surface area contributed by atoms with Crippen molar-refractivity contribution in [2.45, 2.75) is 19.4 Å². The number of benzene rings is 2. The van der Waals surface area contributed by atoms with E-state index in [4.69, 9.17) is 9.47 Å². The summed E-state index contributed by atoms with van der Waals surface area (Å²) in [5.74, 6) is 0.886. The average molecular weight is 299 g/mol. The van der Waals surface area contributed by atoms with Crippen LogP contribution >= 0.6 is 0 Å². The van der Waals surface area contributed by atoms with E-state index in [9.17, 15) is 0 Å². The predicted octanol–water partition coefficient (Wildman–Crippen LogP) is 3.61. The average Bonchev–Trinajstić information content (AvgIpc) is 2.56. The maximum atomic E-state index is 5.57. The van der Waals surface area contributed by atoms with Gasteiger partial charge in [-0.3, -0.25) is 0 Å². The molecule has 0 saturated heterocycles. The third-order valence-electron chi connectivity index (χ3n) is 3.64. The summed E-state index contributed by atoms with van der Waals surface area (Å²) < 4.78 is 10.5. The van der Waals surface area contributed by atoms with Gasteiger partial charge in [-0.15, -0.1) is 0 Å². The molecule has 0 saturated carbocycles. The molecule has 0 aromatic heterocycles. The molecule has 3 nitrogen and oxygen atoms in total. The first-order valence-corrected chi connectivity index (χ1v) is 7.78. The molecule has 1 unspecified atom stereocenters. The molecule has 0 bridgehead atoms. The molecule has 0 aliphatic rings. The molecule has 0 heterocycles. The fourth-order valence-electron chi connectivity index (χ4n) is 2.29. The summed E-state index contributed by atoms with van der Waals surface area (Å²) in [5, 5.41) is 3.56. The summed E-state index contributed by atoms with van der Waals surface area (Å²) in [6.07, 6.45) is 1.05. The van der Waals surface area contributed by atoms with Crippen LogP contribution in [-0.4, -0.2) is 26.9 Å². The van der Waals surface area contributed by atoms with Crippen LogP contribution in [0.1, 0.15) is 24.1 Å². The summed E-state index contributed by atoms with van der Waals surface area (Å²) in [6, 6.07) is 19.1. The SMILES string of the molecule is COCCOc1ccc(C(C)NCCc2ccccc2)cc1. The Bertz CT molecular complexity index is 525. The van der Waals surface area contributed by atoms with Gasteiger partial charge in [-0.05, 0) is 43.1 Å². The van der Waals surface area contributed by atoms with Gasteiger partial charge in [0.05, 0.1) is 6.61 Å². The van der Waals surface area contributed by atoms with Gasteiger partial charge in [-0.25, -0.2) is 0 Å². The van der Waals surface area contributed by atoms with E-state index in [-0.39, 0.29) is 0 Å². The van der Waals surface area contributed by atoms with Crippen LogP contribution in [0.25, 0.3) is 0 Å². The van der Waals surface area contributed by atoms with Crippen LogP contribution in [0.3, 0.4) is 0 Å². The highest BCUT2D eigenvalue weighted by Crippen LogP contribution is 2.17. The molecule has 2 aromatic carbocycles. The number of ether oxygens (including phenoxy) is 2. The van der Waals surface area contributed by atoms with Gasteiger partial charge in [-0.1, -0.05) is 42.5 Å². The lowest BCUT2D eigenvalue weighted by atomic mass is 10.1. The van der Waals surface area contributed by atoms with Crippen LogP contribution < -0.4 is 10.1 Å². The molecule has 22 heavy (non-hydrogen) atoms. The van der Waals surface area contributed by atoms with E-state index in [1.807, 2.05) is 12.1 Å². The van der Waals surface area contributed by atoms with E-state index in [0.717, 1.165) is 18.7 Å². The summed E-state index contributed by atoms with van der Waals surface area (Å²) in [4.78, 5) is 0. The van der Waals surface area contributed by atoms with E-state index < -0.39 is 0 Å². The van der Waals surface area contributed by atoms with Crippen molar-refractivity contribution in [3.05, 3.63) is 65.7 Å². The van der Waals surface area contributed by atoms with Crippen molar-refractivity contribution in [1.29, 1.82) is 0 Å². The van der Waals surface area contributed by atoms with Crippen LogP contribution in [0.4, 0.5) is 0 Å². The zero-order valence-corrected chi connectivity index (χ0v) is 13.4. The van der Waals surface area contributed by atoms with Crippen molar-refractivity contribution < 1.29 is 9.47 Å². The third-order valence-corrected chi connectivity index (χ3v) is 3.64. The molecular weight excluding hydrogens is 274 g/mol. The Balaban J connectivity index is 1.76. The van der Waals surface area contributed by atoms with E-state index >= 15 is 0 Å². The number of hydrogen-bond donors (Lipinski definition) is 1. The monoisotopic (exact) mass is 299 g/mol. The van der Waals surface area contributed by atoms with Crippen LogP contribution in [0.15, 0.2) is 54.6 Å². The lowest BCUT2D eigenvalue weighted by Gasteiger charge is -2.15. The molecule has 0 aliphatic heterocycles. The molecule has 0 spiro atoms. The van der Waals surface area contributed by atoms with Crippen molar-refractivity contribution in [3.63, 3.8) is 0 Å². The first-order valence-electron chi connectivity index (χ1n) is 7.78. The van der Waals surface area contributed by atoms with E-state index in [2.05, 4.69) is 54.7 Å². The van der Waals surface area contributed by atoms with E-state index in [0.29, 0.717) is 19.3 Å². The zero-order chi connectivity index (χ0) is 15.6. The molecule has 1 atom stereocenters. The Labute approximate surface area is 133 Å². The maximum absolute atomic E-state index is 5.57. The summed E-state index contributed by atoms with van der Waals surface area (Å²) in [7, 11) is 1.68. The molecule has 0 fully saturated rings. The van der Waals surface area contributed by atoms with Crippen molar-refractivity contribution in [2.75, 3.05) is 26.9 Å². The molecule has 0 radical (unpaired) electrons. The molecule has 3 heteroatoms. The Kier molecular flexibility index (Phi) is 6.94. The van der Waals surface area contributed by atoms with Crippen molar-refractivity contribution in [2.24, 2.45) is 0 Å². The first-order chi connectivity index (χ1) is 10.8. The van der Waals surface area contributed by atoms with Gasteiger partial charge in [0, 0.05) is 13.2 Å². The molecule has 2 rings (SSSR count). The Morgan fingerprint density at radius 2 is 1.68 bits per heavy atom. The van der Waals surface area contributed by atoms with Crippen molar-refractivity contribution in [3.8, 4) is 5.75 Å². The standard InChI is InChI=1S/C19H25NO2/c1-16(20-13-12-17-6-4-3-5-7-17)18-8-10-19(11-9-18)22-15-14-21-2/h3-11,16,20H,12-15H2,1-2H3. The number of rotatable bonds is 9. The molecule has 0 aliphatic carbocycles. The van der Waals surface area contributed by atoms with Gasteiger partial charge in [0.2, 0.25) is 0 Å². The van der Waals surface area contributed by atoms with Crippen LogP contribution in [-0.2, 0) is 11.2 Å². The second-order valence-electron chi connectivity index (χ2n) is 5.32. The Morgan fingerprint density at radius 1 is 0.955 bits per heavy atom. The van der Waals surface area contributed by atoms with E-state index in [1.165, 1.54) is 11.1 Å². The summed E-state index contributed by atoms with van der Waals surface area (Å²) in [5.41, 5.74) is 2.64. The normalized spacial score (nSPS) is 12.1. The van der Waals surface area contributed by atoms with Crippen molar-refractivity contribution in [1.82, 2.24) is 5.32 Å². The lowest BCUT2D eigenvalue weighted by Crippen LogP contribution is -2.21. The summed E-state index contributed by atoms with van der Waals surface area (Å²) >= 11 is 0. The van der Waals surface area contributed by atoms with Gasteiger partial charge in [-0.2, -0.15) is 0 Å². The van der Waals surface area contributed by atoms with Gasteiger partial charge in [0.25, 0.3) is 0 Å². The number of hydrogen-bond acceptors (Lipinski definition) is 3. The highest BCUT2D eigenvalue weighted by molar-refractivity contribution is 5.29. The van der Waals surface area contributed by atoms with Crippen LogP contribution in [0.2, 0.25) is 0 Å². The van der Waals surface area contributed by atoms with Gasteiger partial charge in [0.1, 0.15) is 12.4 Å². The quantitative estimate of drug-likeness (QED) is 0.718. The first kappa shape index (κ1) is 16.5. The topological polar surface area (TPSA) is 30.5 Å². The number of nitrogens with one attached hydrogen (secondary N) is 1. The van der Waals surface area contributed by atoms with Crippen LogP contribution in [0.5, 0.6) is 5.75 Å². The molecule has 1 N–H and O–H groups in total. The molecule has 118 valence electrons. The van der Waals surface area contributed by atoms with Crippen LogP contribution in [0, 0.1) is 0 Å². The van der Waals surface area contributed by atoms with Gasteiger partial charge < -0.3 is 14.8 Å². The van der Waals surface area contributed by atoms with Gasteiger partial charge >= 0.3 is 0 Å². The number of methoxy groups -OCH3 is 1. The highest BCUT2D eigenvalue weighted by atomic mass is 16.5. The lowest BCUT2D eigenvalue weighted by molar-refractivity contribution is 0.146. The fraction of sp³-hybridized carbons (Fsp3) is 0.368. The maximum Gasteiger partial charge on any atom is 0.119 e. The molecule has 0 amide bonds. The minimum atomic E-state index is 0.330. The Morgan fingerprint density at radius 3 is 2.36 bits per heavy atom. The van der Waals surface area contributed by atoms with E-state index in [1.54, 1.807) is 7.11 Å². The van der Waals surface area contributed by atoms with Crippen molar-refractivity contribution >= 4 is 0 Å². The zero-order valence-electron chi connectivity index (χ0n) is 13.4. The summed E-state index contributed by atoms with van der Waals surface area (Å²) in [6.45, 7) is 4.35.